The molecule has 0 unspecified atom stereocenters. The van der Waals surface area contributed by atoms with E-state index in [9.17, 15) is 9.59 Å². The maximum atomic E-state index is 12.5. The molecule has 0 spiro atoms. The molecule has 2 aromatic heterocycles. The van der Waals surface area contributed by atoms with Crippen molar-refractivity contribution in [2.45, 2.75) is 26.2 Å². The lowest BCUT2D eigenvalue weighted by Gasteiger charge is -2.26. The summed E-state index contributed by atoms with van der Waals surface area (Å²) in [7, 11) is 0. The summed E-state index contributed by atoms with van der Waals surface area (Å²) in [6, 6.07) is 3.60. The third kappa shape index (κ3) is 3.20. The van der Waals surface area contributed by atoms with E-state index >= 15 is 0 Å². The topological polar surface area (TPSA) is 62.3 Å². The number of amides is 2. The molecule has 0 aliphatic carbocycles. The summed E-state index contributed by atoms with van der Waals surface area (Å²) in [6.07, 6.45) is 3.31. The van der Waals surface area contributed by atoms with Gasteiger partial charge in [0.15, 0.2) is 5.13 Å². The third-order valence-corrected chi connectivity index (χ3v) is 5.53. The van der Waals surface area contributed by atoms with E-state index < -0.39 is 0 Å². The molecule has 0 radical (unpaired) electrons. The highest BCUT2D eigenvalue weighted by Crippen LogP contribution is 2.26. The summed E-state index contributed by atoms with van der Waals surface area (Å²) in [6.45, 7) is 3.44. The predicted octanol–water partition coefficient (Wildman–Crippen LogP) is 3.39. The second kappa shape index (κ2) is 6.58. The van der Waals surface area contributed by atoms with Crippen LogP contribution in [0.2, 0.25) is 0 Å². The molecular formula is C15H17N3O2S2. The van der Waals surface area contributed by atoms with Crippen LogP contribution in [0.4, 0.5) is 5.13 Å². The van der Waals surface area contributed by atoms with E-state index in [1.165, 1.54) is 29.1 Å². The Balaban J connectivity index is 1.73. The molecule has 7 heteroatoms. The number of thiazole rings is 1. The van der Waals surface area contributed by atoms with Gasteiger partial charge in [0.2, 0.25) is 0 Å². The largest absolute Gasteiger partial charge is 0.338 e. The lowest BCUT2D eigenvalue weighted by atomic mass is 10.1. The van der Waals surface area contributed by atoms with Gasteiger partial charge in [0.25, 0.3) is 11.8 Å². The molecule has 1 aliphatic rings. The highest BCUT2D eigenvalue weighted by Gasteiger charge is 2.23. The van der Waals surface area contributed by atoms with Crippen molar-refractivity contribution in [2.75, 3.05) is 18.4 Å². The number of anilines is 1. The quantitative estimate of drug-likeness (QED) is 0.935. The molecule has 5 nitrogen and oxygen atoms in total. The number of rotatable bonds is 3. The maximum absolute atomic E-state index is 12.5. The molecule has 0 saturated carbocycles. The third-order valence-electron chi connectivity index (χ3n) is 3.60. The molecule has 0 atom stereocenters. The monoisotopic (exact) mass is 335 g/mol. The van der Waals surface area contributed by atoms with Gasteiger partial charge in [0.1, 0.15) is 4.88 Å². The van der Waals surface area contributed by atoms with Gasteiger partial charge < -0.3 is 4.90 Å². The van der Waals surface area contributed by atoms with Crippen LogP contribution in [-0.2, 0) is 0 Å². The van der Waals surface area contributed by atoms with Crippen molar-refractivity contribution in [3.63, 3.8) is 0 Å². The number of thiophene rings is 1. The van der Waals surface area contributed by atoms with Gasteiger partial charge in [-0.3, -0.25) is 14.9 Å². The minimum atomic E-state index is -0.180. The number of nitrogens with zero attached hydrogens (tertiary/aromatic N) is 2. The second-order valence-corrected chi connectivity index (χ2v) is 7.16. The van der Waals surface area contributed by atoms with Crippen LogP contribution in [0.3, 0.4) is 0 Å². The van der Waals surface area contributed by atoms with E-state index in [-0.39, 0.29) is 11.8 Å². The molecule has 1 N–H and O–H groups in total. The van der Waals surface area contributed by atoms with Crippen molar-refractivity contribution in [2.24, 2.45) is 0 Å². The minimum Gasteiger partial charge on any atom is -0.338 e. The standard InChI is InChI=1S/C15H17N3O2S2/c1-10-12(14(20)18-7-3-2-4-8-18)22-15(16-10)17-13(19)11-6-5-9-21-11/h5-6,9H,2-4,7-8H2,1H3,(H,16,17,19). The van der Waals surface area contributed by atoms with Crippen molar-refractivity contribution >= 4 is 39.6 Å². The number of nitrogens with one attached hydrogen (secondary N) is 1. The summed E-state index contributed by atoms with van der Waals surface area (Å²) in [4.78, 5) is 32.0. The molecule has 3 rings (SSSR count). The number of likely N-dealkylation sites (tertiary alicyclic amines) is 1. The van der Waals surface area contributed by atoms with Crippen LogP contribution in [0.1, 0.15) is 44.3 Å². The highest BCUT2D eigenvalue weighted by atomic mass is 32.1. The zero-order chi connectivity index (χ0) is 15.5. The van der Waals surface area contributed by atoms with Gasteiger partial charge in [-0.2, -0.15) is 0 Å². The van der Waals surface area contributed by atoms with Crippen LogP contribution >= 0.6 is 22.7 Å². The first kappa shape index (κ1) is 15.2. The van der Waals surface area contributed by atoms with Gasteiger partial charge in [-0.25, -0.2) is 4.98 Å². The van der Waals surface area contributed by atoms with Gasteiger partial charge in [-0.1, -0.05) is 17.4 Å². The Morgan fingerprint density at radius 3 is 2.73 bits per heavy atom. The lowest BCUT2D eigenvalue weighted by molar-refractivity contribution is 0.0728. The number of carbonyl (C=O) groups excluding carboxylic acids is 2. The number of aryl methyl sites for hydroxylation is 1. The maximum Gasteiger partial charge on any atom is 0.267 e. The Morgan fingerprint density at radius 2 is 2.05 bits per heavy atom. The van der Waals surface area contributed by atoms with Crippen molar-refractivity contribution in [1.29, 1.82) is 0 Å². The lowest BCUT2D eigenvalue weighted by Crippen LogP contribution is -2.35. The average molecular weight is 335 g/mol. The fourth-order valence-corrected chi connectivity index (χ4v) is 4.00. The molecule has 3 heterocycles. The Bertz CT molecular complexity index is 673. The summed E-state index contributed by atoms with van der Waals surface area (Å²) < 4.78 is 0. The fraction of sp³-hybridized carbons (Fsp3) is 0.400. The summed E-state index contributed by atoms with van der Waals surface area (Å²) >= 11 is 2.64. The van der Waals surface area contributed by atoms with E-state index in [2.05, 4.69) is 10.3 Å². The van der Waals surface area contributed by atoms with Crippen LogP contribution < -0.4 is 5.32 Å². The molecule has 22 heavy (non-hydrogen) atoms. The highest BCUT2D eigenvalue weighted by molar-refractivity contribution is 7.18. The van der Waals surface area contributed by atoms with Crippen molar-refractivity contribution in [3.05, 3.63) is 33.0 Å². The summed E-state index contributed by atoms with van der Waals surface area (Å²) in [5.74, 6) is -0.146. The number of hydrogen-bond donors (Lipinski definition) is 1. The van der Waals surface area contributed by atoms with Crippen molar-refractivity contribution in [3.8, 4) is 0 Å². The van der Waals surface area contributed by atoms with Crippen LogP contribution in [0.5, 0.6) is 0 Å². The number of aromatic nitrogens is 1. The molecule has 0 aromatic carbocycles. The zero-order valence-corrected chi connectivity index (χ0v) is 13.9. The van der Waals surface area contributed by atoms with E-state index in [0.29, 0.717) is 20.6 Å². The van der Waals surface area contributed by atoms with Crippen molar-refractivity contribution < 1.29 is 9.59 Å². The molecule has 2 amide bonds. The zero-order valence-electron chi connectivity index (χ0n) is 12.3. The Morgan fingerprint density at radius 1 is 1.27 bits per heavy atom. The Hall–Kier alpha value is -1.73. The molecule has 1 saturated heterocycles. The fourth-order valence-electron chi connectivity index (χ4n) is 2.46. The first-order chi connectivity index (χ1) is 10.6. The van der Waals surface area contributed by atoms with E-state index in [1.54, 1.807) is 6.07 Å². The SMILES string of the molecule is Cc1nc(NC(=O)c2cccs2)sc1C(=O)N1CCCCC1. The predicted molar refractivity (Wildman–Crippen MR) is 88.9 cm³/mol. The molecular weight excluding hydrogens is 318 g/mol. The number of carbonyl (C=O) groups is 2. The summed E-state index contributed by atoms with van der Waals surface area (Å²) in [5.41, 5.74) is 0.682. The smallest absolute Gasteiger partial charge is 0.267 e. The molecule has 116 valence electrons. The van der Waals surface area contributed by atoms with E-state index in [4.69, 9.17) is 0 Å². The van der Waals surface area contributed by atoms with Crippen LogP contribution in [0, 0.1) is 6.92 Å². The van der Waals surface area contributed by atoms with E-state index in [1.807, 2.05) is 23.3 Å². The van der Waals surface area contributed by atoms with Crippen LogP contribution in [-0.4, -0.2) is 34.8 Å². The summed E-state index contributed by atoms with van der Waals surface area (Å²) in [5, 5.41) is 5.11. The van der Waals surface area contributed by atoms with Gasteiger partial charge in [-0.05, 0) is 37.6 Å². The number of hydrogen-bond acceptors (Lipinski definition) is 5. The average Bonchev–Trinajstić information content (AvgIpc) is 3.17. The van der Waals surface area contributed by atoms with Gasteiger partial charge in [0.05, 0.1) is 10.6 Å². The van der Waals surface area contributed by atoms with Gasteiger partial charge >= 0.3 is 0 Å². The first-order valence-corrected chi connectivity index (χ1v) is 8.96. The molecule has 1 fully saturated rings. The van der Waals surface area contributed by atoms with Crippen LogP contribution in [0.15, 0.2) is 17.5 Å². The van der Waals surface area contributed by atoms with Gasteiger partial charge in [0, 0.05) is 13.1 Å². The first-order valence-electron chi connectivity index (χ1n) is 7.26. The van der Waals surface area contributed by atoms with Crippen molar-refractivity contribution in [1.82, 2.24) is 9.88 Å². The number of piperidine rings is 1. The second-order valence-electron chi connectivity index (χ2n) is 5.22. The van der Waals surface area contributed by atoms with Gasteiger partial charge in [-0.15, -0.1) is 11.3 Å². The Labute approximate surface area is 137 Å². The van der Waals surface area contributed by atoms with E-state index in [0.717, 1.165) is 25.9 Å². The normalized spacial score (nSPS) is 14.9. The molecule has 2 aromatic rings. The molecule has 0 bridgehead atoms. The minimum absolute atomic E-state index is 0.0336. The molecule has 1 aliphatic heterocycles. The van der Waals surface area contributed by atoms with Crippen LogP contribution in [0.25, 0.3) is 0 Å². The Kier molecular flexibility index (Phi) is 4.54.